The Morgan fingerprint density at radius 2 is 1.23 bits per heavy atom. The minimum Gasteiger partial charge on any atom is -0.302 e. The van der Waals surface area contributed by atoms with Gasteiger partial charge < -0.3 is 8.98 Å². The van der Waals surface area contributed by atoms with Crippen LogP contribution in [0.3, 0.4) is 0 Å². The number of hydrogen-bond donors (Lipinski definition) is 0. The number of fused-ring (bicyclic) bond motifs is 5. The summed E-state index contributed by atoms with van der Waals surface area (Å²) >= 11 is -2.01. The topological polar surface area (TPSA) is 72.6 Å². The summed E-state index contributed by atoms with van der Waals surface area (Å²) in [6, 6.07) is 49.9. The van der Waals surface area contributed by atoms with Crippen molar-refractivity contribution >= 4 is 61.7 Å². The Labute approximate surface area is 478 Å². The summed E-state index contributed by atoms with van der Waals surface area (Å²) in [5, 5.41) is 10.7. The Bertz CT molecular complexity index is 4180. The average Bonchev–Trinajstić information content (AvgIpc) is 4.32. The van der Waals surface area contributed by atoms with Gasteiger partial charge in [0.1, 0.15) is 6.07 Å². The maximum absolute atomic E-state index is 15.5. The molecule has 0 aliphatic heterocycles. The number of halogens is 2. The van der Waals surface area contributed by atoms with Gasteiger partial charge in [0.15, 0.2) is 11.4 Å². The van der Waals surface area contributed by atoms with Crippen molar-refractivity contribution < 1.29 is 37.4 Å². The van der Waals surface area contributed by atoms with Crippen LogP contribution in [0, 0.1) is 42.8 Å². The first-order chi connectivity index (χ1) is 38.0. The van der Waals surface area contributed by atoms with Crippen LogP contribution in [0.1, 0.15) is 122 Å². The number of para-hydroxylation sites is 3. The quantitative estimate of drug-likeness (QED) is 0.101. The zero-order valence-corrected chi connectivity index (χ0v) is 50.5. The van der Waals surface area contributed by atoms with Crippen LogP contribution in [0.4, 0.5) is 8.78 Å². The van der Waals surface area contributed by atoms with Gasteiger partial charge in [0.05, 0.1) is 33.9 Å². The van der Waals surface area contributed by atoms with E-state index in [-0.39, 0.29) is 54.5 Å². The smallest absolute Gasteiger partial charge is 0.0890 e. The van der Waals surface area contributed by atoms with Crippen molar-refractivity contribution in [1.82, 2.24) is 19.1 Å². The summed E-state index contributed by atoms with van der Waals surface area (Å²) in [6.07, 6.45) is 0. The Morgan fingerprint density at radius 1 is 0.628 bits per heavy atom. The normalized spacial score (nSPS) is 12.6. The van der Waals surface area contributed by atoms with Crippen molar-refractivity contribution in [2.75, 3.05) is 0 Å². The van der Waals surface area contributed by atoms with Crippen molar-refractivity contribution in [3.63, 3.8) is 0 Å². The van der Waals surface area contributed by atoms with E-state index in [1.54, 1.807) is 36.4 Å². The second-order valence-corrected chi connectivity index (χ2v) is 33.0. The number of nitriles is 1. The van der Waals surface area contributed by atoms with Crippen molar-refractivity contribution in [2.24, 2.45) is 0 Å². The number of furan rings is 1. The minimum absolute atomic E-state index is 0. The molecule has 0 N–H and O–H groups in total. The monoisotopic (exact) mass is 1280 g/mol. The van der Waals surface area contributed by atoms with Crippen LogP contribution in [0.5, 0.6) is 0 Å². The molecule has 8 aromatic carbocycles. The van der Waals surface area contributed by atoms with Gasteiger partial charge in [-0.2, -0.15) is 17.7 Å². The van der Waals surface area contributed by atoms with Crippen LogP contribution < -0.4 is 4.40 Å². The Balaban J connectivity index is 0.000000224. The van der Waals surface area contributed by atoms with Gasteiger partial charge in [0.25, 0.3) is 0 Å². The molecule has 0 saturated carbocycles. The first kappa shape index (κ1) is 51.7. The third-order valence-corrected chi connectivity index (χ3v) is 19.0. The molecule has 1 radical (unpaired) electrons. The van der Waals surface area contributed by atoms with Gasteiger partial charge in [0.2, 0.25) is 0 Å². The molecule has 11 rings (SSSR count). The van der Waals surface area contributed by atoms with E-state index < -0.39 is 25.9 Å². The molecule has 397 valence electrons. The molecule has 0 aliphatic rings. The van der Waals surface area contributed by atoms with Gasteiger partial charge in [-0.1, -0.05) is 87.2 Å². The number of benzene rings is 8. The molecule has 0 bridgehead atoms. The molecule has 0 aliphatic carbocycles. The Hall–Kier alpha value is -7.09. The van der Waals surface area contributed by atoms with Crippen molar-refractivity contribution in [3.8, 4) is 51.3 Å². The van der Waals surface area contributed by atoms with Gasteiger partial charge in [0, 0.05) is 29.6 Å². The van der Waals surface area contributed by atoms with Gasteiger partial charge in [-0.05, 0) is 48.0 Å². The predicted octanol–water partition coefficient (Wildman–Crippen LogP) is 18.4. The third kappa shape index (κ3) is 10.2. The van der Waals surface area contributed by atoms with Gasteiger partial charge in [-0.15, -0.1) is 24.3 Å². The summed E-state index contributed by atoms with van der Waals surface area (Å²) in [7, 11) is 0. The number of imidazole rings is 2. The second-order valence-electron chi connectivity index (χ2n) is 22.4. The molecule has 0 spiro atoms. The van der Waals surface area contributed by atoms with E-state index in [1.807, 2.05) is 34.9 Å². The molecule has 0 saturated heterocycles. The van der Waals surface area contributed by atoms with Crippen LogP contribution >= 0.6 is 0 Å². The maximum atomic E-state index is 15.5. The summed E-state index contributed by atoms with van der Waals surface area (Å²) in [6.45, 7) is 19.3. The zero-order valence-electron chi connectivity index (χ0n) is 49.0. The first-order valence-electron chi connectivity index (χ1n) is 28.0. The van der Waals surface area contributed by atoms with Crippen LogP contribution in [-0.4, -0.2) is 32.4 Å². The van der Waals surface area contributed by atoms with E-state index in [1.165, 1.54) is 39.4 Å². The predicted molar refractivity (Wildman–Crippen MR) is 318 cm³/mol. The number of aryl methyl sites for hydroxylation is 1. The maximum Gasteiger partial charge on any atom is 0.0890 e. The van der Waals surface area contributed by atoms with Gasteiger partial charge >= 0.3 is 200 Å². The molecular weight excluding hydrogens is 1210 g/mol. The fourth-order valence-electron chi connectivity index (χ4n) is 10.6. The van der Waals surface area contributed by atoms with E-state index in [2.05, 4.69) is 151 Å². The SMILES string of the molecule is [2H]C([2H])([2H])c1ccc2nc(-c3[c-]ccc4c3oc3c(F)c(C#N)ccc34)n(-c3c(C(C)C)cc(-c4cc[c]([Ge]([CH3])([CH3])[CH3])cc4)cc3C(C)C)c2c1.[CH2-]c1cc(F)ccc1-c1nc2ccccc2n1-c1c(C(C)C)cccc1C(C)C.[Ir]. The molecule has 3 heterocycles. The molecule has 0 amide bonds. The molecule has 0 fully saturated rings. The zero-order chi connectivity index (χ0) is 57.3. The molecule has 0 unspecified atom stereocenters. The van der Waals surface area contributed by atoms with Crippen LogP contribution in [0.15, 0.2) is 144 Å². The van der Waals surface area contributed by atoms with E-state index >= 15 is 4.39 Å². The van der Waals surface area contributed by atoms with Crippen LogP contribution in [0.2, 0.25) is 17.3 Å². The number of aromatic nitrogens is 4. The molecule has 0 atom stereocenters. The number of nitrogens with zero attached hydrogens (tertiary/aromatic N) is 5. The summed E-state index contributed by atoms with van der Waals surface area (Å²) in [5.74, 6) is 8.35. The third-order valence-electron chi connectivity index (χ3n) is 14.7. The Morgan fingerprint density at radius 3 is 1.85 bits per heavy atom. The number of rotatable bonds is 10. The van der Waals surface area contributed by atoms with E-state index in [9.17, 15) is 9.65 Å². The largest absolute Gasteiger partial charge is 0.302 e. The van der Waals surface area contributed by atoms with Crippen LogP contribution in [-0.2, 0) is 20.1 Å². The molecule has 10 heteroatoms. The summed E-state index contributed by atoms with van der Waals surface area (Å²) in [5.41, 5.74) is 14.7. The molecular formula is C68H65F2GeIrN5O-2. The van der Waals surface area contributed by atoms with Crippen LogP contribution in [0.25, 0.3) is 89.3 Å². The summed E-state index contributed by atoms with van der Waals surface area (Å²) < 4.78 is 65.9. The summed E-state index contributed by atoms with van der Waals surface area (Å²) in [4.78, 5) is 10.1. The second kappa shape index (κ2) is 22.0. The molecule has 3 aromatic heterocycles. The van der Waals surface area contributed by atoms with Gasteiger partial charge in [-0.25, -0.2) is 13.8 Å². The van der Waals surface area contributed by atoms with Gasteiger partial charge in [-0.3, -0.25) is 0 Å². The first-order valence-corrected chi connectivity index (χ1v) is 33.8. The average molecular weight is 1270 g/mol. The van der Waals surface area contributed by atoms with E-state index in [0.29, 0.717) is 56.2 Å². The van der Waals surface area contributed by atoms with Crippen molar-refractivity contribution in [3.05, 3.63) is 203 Å². The molecule has 78 heavy (non-hydrogen) atoms. The fraction of sp³-hybridized carbons (Fsp3) is 0.235. The molecule has 11 aromatic rings. The minimum atomic E-state index is -2.33. The van der Waals surface area contributed by atoms with Crippen molar-refractivity contribution in [2.45, 2.75) is 103 Å². The number of hydrogen-bond acceptors (Lipinski definition) is 4. The van der Waals surface area contributed by atoms with Crippen molar-refractivity contribution in [1.29, 1.82) is 5.26 Å². The fourth-order valence-corrected chi connectivity index (χ4v) is 13.1. The Kier molecular flexibility index (Phi) is 14.6. The van der Waals surface area contributed by atoms with E-state index in [4.69, 9.17) is 18.5 Å². The molecule has 6 nitrogen and oxygen atoms in total. The standard InChI is InChI=1S/C42H39FGeN3O.C26H26FN2.Ir/c1-24(2)34-21-29(27-13-16-30(17-14-27)44(6,7)8)22-35(25(3)4)39(34)47-37-20-26(5)12-19-36(37)46-42(47)33-11-9-10-31-32-18-15-28(23-45)38(43)41(32)48-40(31)33;1-16(2)20-9-8-10-21(17(3)4)25(20)29-24-12-7-6-11-23(24)28-26(29)22-14-13-19(27)15-18(22)5;/h9-10,12-22,24-25H,1-8H3;6-17H,5H2,1-4H3;/q2*-1;/i5D3;;. The van der Waals surface area contributed by atoms with E-state index in [0.717, 1.165) is 50.4 Å².